The molecule has 0 saturated heterocycles. The molecule has 3 heterocycles. The molecule has 1 aliphatic rings. The predicted molar refractivity (Wildman–Crippen MR) is 80.8 cm³/mol. The minimum Gasteiger partial charge on any atom is -0.376 e. The highest BCUT2D eigenvalue weighted by molar-refractivity contribution is 7.87. The van der Waals surface area contributed by atoms with Gasteiger partial charge in [-0.25, -0.2) is 8.96 Å². The summed E-state index contributed by atoms with van der Waals surface area (Å²) in [6.45, 7) is 2.76. The Labute approximate surface area is 128 Å². The van der Waals surface area contributed by atoms with Gasteiger partial charge in [0, 0.05) is 19.0 Å². The number of hydrogen-bond acceptors (Lipinski definition) is 5. The number of aryl methyl sites for hydroxylation is 1. The maximum atomic E-state index is 12.5. The summed E-state index contributed by atoms with van der Waals surface area (Å²) in [6, 6.07) is 2.03. The van der Waals surface area contributed by atoms with E-state index in [1.54, 1.807) is 24.5 Å². The maximum absolute atomic E-state index is 12.5. The first-order valence-corrected chi connectivity index (χ1v) is 8.82. The Morgan fingerprint density at radius 2 is 2.24 bits per heavy atom. The molecule has 0 saturated carbocycles. The molecule has 8 heteroatoms. The van der Waals surface area contributed by atoms with Crippen molar-refractivity contribution >= 4 is 21.5 Å². The third-order valence-electron chi connectivity index (χ3n) is 3.60. The van der Waals surface area contributed by atoms with E-state index in [0.29, 0.717) is 24.7 Å². The van der Waals surface area contributed by atoms with Crippen LogP contribution in [-0.2, 0) is 21.6 Å². The third kappa shape index (κ3) is 2.32. The number of ether oxygens (including phenoxy) is 1. The minimum absolute atomic E-state index is 0.0929. The van der Waals surface area contributed by atoms with E-state index >= 15 is 0 Å². The molecular weight excluding hydrogens is 310 g/mol. The summed E-state index contributed by atoms with van der Waals surface area (Å²) in [4.78, 5) is 5.37. The van der Waals surface area contributed by atoms with Gasteiger partial charge in [-0.05, 0) is 23.9 Å². The molecular formula is C13H17N3O3S2. The highest BCUT2D eigenvalue weighted by Gasteiger charge is 2.31. The molecule has 1 atom stereocenters. The van der Waals surface area contributed by atoms with Crippen LogP contribution in [0.3, 0.4) is 0 Å². The van der Waals surface area contributed by atoms with Crippen molar-refractivity contribution in [2.45, 2.75) is 19.4 Å². The van der Waals surface area contributed by atoms with E-state index in [4.69, 9.17) is 4.74 Å². The first-order chi connectivity index (χ1) is 9.93. The Bertz CT molecular complexity index is 761. The van der Waals surface area contributed by atoms with Crippen LogP contribution in [0.25, 0.3) is 0 Å². The lowest BCUT2D eigenvalue weighted by Gasteiger charge is -2.25. The minimum atomic E-state index is -3.59. The summed E-state index contributed by atoms with van der Waals surface area (Å²) in [5.41, 5.74) is 1.79. The van der Waals surface area contributed by atoms with Crippen LogP contribution in [0.1, 0.15) is 27.9 Å². The largest absolute Gasteiger partial charge is 0.376 e. The number of nitrogens with zero attached hydrogens (tertiary/aromatic N) is 3. The van der Waals surface area contributed by atoms with Crippen LogP contribution in [0.15, 0.2) is 17.6 Å². The van der Waals surface area contributed by atoms with E-state index in [2.05, 4.69) is 4.98 Å². The van der Waals surface area contributed by atoms with E-state index in [1.165, 1.54) is 22.4 Å². The van der Waals surface area contributed by atoms with Crippen LogP contribution < -0.4 is 0 Å². The van der Waals surface area contributed by atoms with E-state index in [9.17, 15) is 8.42 Å². The van der Waals surface area contributed by atoms with Crippen molar-refractivity contribution in [2.75, 3.05) is 20.7 Å². The Morgan fingerprint density at radius 3 is 2.95 bits per heavy atom. The fourth-order valence-corrected chi connectivity index (χ4v) is 4.66. The summed E-state index contributed by atoms with van der Waals surface area (Å²) in [7, 11) is -0.553. The standard InChI is InChI=1S/C13H17N3O3S2/c1-9-14-6-12(16(9)21(17,18)15(2)3)11-8-19-7-10-4-5-20-13(10)11/h4-6,11H,7-8H2,1-3H3. The molecule has 0 radical (unpaired) electrons. The number of hydrogen-bond donors (Lipinski definition) is 0. The molecule has 1 aliphatic heterocycles. The highest BCUT2D eigenvalue weighted by atomic mass is 32.2. The molecule has 6 nitrogen and oxygen atoms in total. The first kappa shape index (κ1) is 14.7. The van der Waals surface area contributed by atoms with Gasteiger partial charge in [0.1, 0.15) is 5.82 Å². The number of fused-ring (bicyclic) bond motifs is 1. The second-order valence-corrected chi connectivity index (χ2v) is 8.10. The van der Waals surface area contributed by atoms with Crippen LogP contribution in [-0.4, -0.2) is 42.4 Å². The summed E-state index contributed by atoms with van der Waals surface area (Å²) >= 11 is 1.64. The normalized spacial score (nSPS) is 19.0. The maximum Gasteiger partial charge on any atom is 0.308 e. The van der Waals surface area contributed by atoms with E-state index in [0.717, 1.165) is 10.4 Å². The zero-order valence-electron chi connectivity index (χ0n) is 12.1. The number of aromatic nitrogens is 2. The number of imidazole rings is 1. The van der Waals surface area contributed by atoms with Gasteiger partial charge in [0.25, 0.3) is 0 Å². The average molecular weight is 327 g/mol. The van der Waals surface area contributed by atoms with Crippen LogP contribution >= 0.6 is 11.3 Å². The van der Waals surface area contributed by atoms with Gasteiger partial charge in [-0.1, -0.05) is 0 Å². The second kappa shape index (κ2) is 5.20. The van der Waals surface area contributed by atoms with Gasteiger partial charge in [0.15, 0.2) is 0 Å². The van der Waals surface area contributed by atoms with Crippen molar-refractivity contribution in [1.29, 1.82) is 0 Å². The Balaban J connectivity index is 2.15. The fraction of sp³-hybridized carbons (Fsp3) is 0.462. The van der Waals surface area contributed by atoms with Crippen molar-refractivity contribution in [2.24, 2.45) is 0 Å². The molecule has 0 N–H and O–H groups in total. The second-order valence-electron chi connectivity index (χ2n) is 5.16. The van der Waals surface area contributed by atoms with Gasteiger partial charge in [0.05, 0.1) is 31.0 Å². The molecule has 0 aromatic carbocycles. The molecule has 1 unspecified atom stereocenters. The van der Waals surface area contributed by atoms with Crippen molar-refractivity contribution in [3.8, 4) is 0 Å². The lowest BCUT2D eigenvalue weighted by Crippen LogP contribution is -2.32. The smallest absolute Gasteiger partial charge is 0.308 e. The molecule has 0 aliphatic carbocycles. The van der Waals surface area contributed by atoms with Crippen LogP contribution in [0.2, 0.25) is 0 Å². The summed E-state index contributed by atoms with van der Waals surface area (Å²) in [5, 5.41) is 2.01. The van der Waals surface area contributed by atoms with Gasteiger partial charge in [0.2, 0.25) is 0 Å². The lowest BCUT2D eigenvalue weighted by atomic mass is 10.00. The first-order valence-electron chi connectivity index (χ1n) is 6.54. The molecule has 2 aromatic rings. The van der Waals surface area contributed by atoms with E-state index < -0.39 is 10.2 Å². The average Bonchev–Trinajstić information content (AvgIpc) is 3.04. The quantitative estimate of drug-likeness (QED) is 0.858. The van der Waals surface area contributed by atoms with Crippen molar-refractivity contribution < 1.29 is 13.2 Å². The van der Waals surface area contributed by atoms with Gasteiger partial charge in [-0.2, -0.15) is 12.7 Å². The van der Waals surface area contributed by atoms with Crippen LogP contribution in [0.4, 0.5) is 0 Å². The molecule has 0 spiro atoms. The Morgan fingerprint density at radius 1 is 1.48 bits per heavy atom. The van der Waals surface area contributed by atoms with Gasteiger partial charge in [-0.15, -0.1) is 11.3 Å². The summed E-state index contributed by atoms with van der Waals surface area (Å²) < 4.78 is 33.2. The molecule has 0 fully saturated rings. The Hall–Kier alpha value is -1.22. The molecule has 2 aromatic heterocycles. The monoisotopic (exact) mass is 327 g/mol. The topological polar surface area (TPSA) is 64.4 Å². The zero-order chi connectivity index (χ0) is 15.2. The van der Waals surface area contributed by atoms with E-state index in [-0.39, 0.29) is 5.92 Å². The number of thiophene rings is 1. The van der Waals surface area contributed by atoms with Gasteiger partial charge in [-0.3, -0.25) is 0 Å². The van der Waals surface area contributed by atoms with Crippen molar-refractivity contribution in [1.82, 2.24) is 13.3 Å². The van der Waals surface area contributed by atoms with Crippen molar-refractivity contribution in [3.63, 3.8) is 0 Å². The summed E-state index contributed by atoms with van der Waals surface area (Å²) in [5.74, 6) is 0.368. The number of rotatable bonds is 3. The molecule has 114 valence electrons. The van der Waals surface area contributed by atoms with Crippen LogP contribution in [0, 0.1) is 6.92 Å². The Kier molecular flexibility index (Phi) is 3.64. The molecule has 3 rings (SSSR count). The SMILES string of the molecule is Cc1ncc(C2COCc3ccsc32)n1S(=O)(=O)N(C)C. The molecule has 21 heavy (non-hydrogen) atoms. The van der Waals surface area contributed by atoms with Gasteiger partial charge >= 0.3 is 10.2 Å². The fourth-order valence-electron chi connectivity index (χ4n) is 2.50. The lowest BCUT2D eigenvalue weighted by molar-refractivity contribution is 0.100. The van der Waals surface area contributed by atoms with E-state index in [1.807, 2.05) is 11.4 Å². The highest BCUT2D eigenvalue weighted by Crippen LogP contribution is 2.36. The van der Waals surface area contributed by atoms with Gasteiger partial charge < -0.3 is 4.74 Å². The predicted octanol–water partition coefficient (Wildman–Crippen LogP) is 1.57. The molecule has 0 amide bonds. The third-order valence-corrected chi connectivity index (χ3v) is 6.53. The van der Waals surface area contributed by atoms with Crippen LogP contribution in [0.5, 0.6) is 0 Å². The zero-order valence-corrected chi connectivity index (χ0v) is 13.7. The molecule has 0 bridgehead atoms. The summed E-state index contributed by atoms with van der Waals surface area (Å²) in [6.07, 6.45) is 1.64. The van der Waals surface area contributed by atoms with Crippen molar-refractivity contribution in [3.05, 3.63) is 39.6 Å².